The average molecular weight is 367 g/mol. The first kappa shape index (κ1) is 18.4. The van der Waals surface area contributed by atoms with E-state index in [0.29, 0.717) is 30.2 Å². The predicted octanol–water partition coefficient (Wildman–Crippen LogP) is 4.18. The number of hydrogen-bond acceptors (Lipinski definition) is 6. The maximum Gasteiger partial charge on any atom is 0.257 e. The largest absolute Gasteiger partial charge is 0.494 e. The second kappa shape index (κ2) is 8.84. The molecule has 0 atom stereocenters. The summed E-state index contributed by atoms with van der Waals surface area (Å²) in [7, 11) is 0. The molecule has 1 heterocycles. The van der Waals surface area contributed by atoms with Crippen LogP contribution < -0.4 is 14.8 Å². The molecule has 1 amide bonds. The zero-order valence-corrected chi connectivity index (χ0v) is 15.3. The van der Waals surface area contributed by atoms with Crippen LogP contribution in [0, 0.1) is 0 Å². The lowest BCUT2D eigenvalue weighted by Gasteiger charge is -2.07. The van der Waals surface area contributed by atoms with Crippen molar-refractivity contribution in [1.29, 1.82) is 0 Å². The molecule has 0 saturated heterocycles. The standard InChI is InChI=1S/C20H21N3O4/c1-3-12-26-16-10-8-14(9-11-16)18-19(23-27-22-18)21-20(24)15-6-5-7-17(13-15)25-4-2/h5-11,13H,3-4,12H2,1-2H3,(H,21,23,24). The number of nitrogens with one attached hydrogen (secondary N) is 1. The zero-order valence-electron chi connectivity index (χ0n) is 15.3. The van der Waals surface area contributed by atoms with Crippen molar-refractivity contribution >= 4 is 11.7 Å². The highest BCUT2D eigenvalue weighted by molar-refractivity contribution is 6.05. The van der Waals surface area contributed by atoms with Gasteiger partial charge in [0, 0.05) is 11.1 Å². The molecule has 0 fully saturated rings. The lowest BCUT2D eigenvalue weighted by atomic mass is 10.1. The van der Waals surface area contributed by atoms with Crippen molar-refractivity contribution in [2.75, 3.05) is 18.5 Å². The number of carbonyl (C=O) groups is 1. The Kier molecular flexibility index (Phi) is 6.04. The molecule has 0 spiro atoms. The lowest BCUT2D eigenvalue weighted by molar-refractivity contribution is 0.102. The lowest BCUT2D eigenvalue weighted by Crippen LogP contribution is -2.13. The van der Waals surface area contributed by atoms with E-state index < -0.39 is 0 Å². The molecule has 0 aliphatic rings. The van der Waals surface area contributed by atoms with Gasteiger partial charge in [-0.15, -0.1) is 0 Å². The first-order chi connectivity index (χ1) is 13.2. The quantitative estimate of drug-likeness (QED) is 0.643. The van der Waals surface area contributed by atoms with Crippen LogP contribution in [-0.2, 0) is 0 Å². The number of hydrogen-bond donors (Lipinski definition) is 1. The van der Waals surface area contributed by atoms with E-state index in [1.807, 2.05) is 31.2 Å². The van der Waals surface area contributed by atoms with Gasteiger partial charge in [-0.25, -0.2) is 4.63 Å². The Balaban J connectivity index is 1.75. The summed E-state index contributed by atoms with van der Waals surface area (Å²) in [6.07, 6.45) is 0.940. The van der Waals surface area contributed by atoms with E-state index in [4.69, 9.17) is 14.1 Å². The van der Waals surface area contributed by atoms with Gasteiger partial charge in [0.05, 0.1) is 13.2 Å². The number of carbonyl (C=O) groups excluding carboxylic acids is 1. The van der Waals surface area contributed by atoms with Gasteiger partial charge >= 0.3 is 0 Å². The highest BCUT2D eigenvalue weighted by atomic mass is 16.6. The van der Waals surface area contributed by atoms with Crippen LogP contribution in [-0.4, -0.2) is 29.4 Å². The van der Waals surface area contributed by atoms with Gasteiger partial charge < -0.3 is 14.8 Å². The summed E-state index contributed by atoms with van der Waals surface area (Å²) >= 11 is 0. The Labute approximate surface area is 157 Å². The fourth-order valence-corrected chi connectivity index (χ4v) is 2.46. The van der Waals surface area contributed by atoms with Gasteiger partial charge in [0.2, 0.25) is 5.82 Å². The molecule has 0 aliphatic heterocycles. The van der Waals surface area contributed by atoms with Gasteiger partial charge in [-0.05, 0) is 66.1 Å². The molecule has 27 heavy (non-hydrogen) atoms. The second-order valence-corrected chi connectivity index (χ2v) is 5.75. The van der Waals surface area contributed by atoms with E-state index in [9.17, 15) is 4.79 Å². The molecule has 2 aromatic carbocycles. The molecule has 3 aromatic rings. The summed E-state index contributed by atoms with van der Waals surface area (Å²) in [5.74, 6) is 1.34. The van der Waals surface area contributed by atoms with Gasteiger partial charge in [0.1, 0.15) is 11.5 Å². The number of aromatic nitrogens is 2. The van der Waals surface area contributed by atoms with E-state index >= 15 is 0 Å². The summed E-state index contributed by atoms with van der Waals surface area (Å²) in [6, 6.07) is 14.3. The van der Waals surface area contributed by atoms with Crippen LogP contribution in [0.15, 0.2) is 53.2 Å². The highest BCUT2D eigenvalue weighted by Gasteiger charge is 2.16. The SMILES string of the molecule is CCCOc1ccc(-c2nonc2NC(=O)c2cccc(OCC)c2)cc1. The molecular weight excluding hydrogens is 346 g/mol. The van der Waals surface area contributed by atoms with Gasteiger partial charge in [-0.3, -0.25) is 4.79 Å². The number of anilines is 1. The summed E-state index contributed by atoms with van der Waals surface area (Å²) in [5, 5.41) is 10.4. The molecule has 7 heteroatoms. The van der Waals surface area contributed by atoms with Gasteiger partial charge in [-0.2, -0.15) is 0 Å². The zero-order chi connectivity index (χ0) is 19.1. The first-order valence-corrected chi connectivity index (χ1v) is 8.81. The normalized spacial score (nSPS) is 10.4. The Morgan fingerprint density at radius 2 is 1.85 bits per heavy atom. The van der Waals surface area contributed by atoms with Crippen LogP contribution in [0.3, 0.4) is 0 Å². The minimum absolute atomic E-state index is 0.254. The average Bonchev–Trinajstić information content (AvgIpc) is 3.15. The molecule has 0 unspecified atom stereocenters. The number of amides is 1. The van der Waals surface area contributed by atoms with Crippen LogP contribution in [0.5, 0.6) is 11.5 Å². The summed E-state index contributed by atoms with van der Waals surface area (Å²) in [5.41, 5.74) is 1.67. The molecule has 0 radical (unpaired) electrons. The predicted molar refractivity (Wildman–Crippen MR) is 101 cm³/mol. The molecule has 1 aromatic heterocycles. The smallest absolute Gasteiger partial charge is 0.257 e. The van der Waals surface area contributed by atoms with E-state index in [-0.39, 0.29) is 11.7 Å². The third-order valence-electron chi connectivity index (χ3n) is 3.73. The van der Waals surface area contributed by atoms with Crippen molar-refractivity contribution < 1.29 is 18.9 Å². The number of rotatable bonds is 8. The van der Waals surface area contributed by atoms with Gasteiger partial charge in [-0.1, -0.05) is 13.0 Å². The van der Waals surface area contributed by atoms with Gasteiger partial charge in [0.15, 0.2) is 5.69 Å². The molecule has 0 saturated carbocycles. The van der Waals surface area contributed by atoms with Crippen LogP contribution in [0.1, 0.15) is 30.6 Å². The van der Waals surface area contributed by atoms with Crippen LogP contribution in [0.2, 0.25) is 0 Å². The highest BCUT2D eigenvalue weighted by Crippen LogP contribution is 2.27. The van der Waals surface area contributed by atoms with Crippen molar-refractivity contribution in [2.45, 2.75) is 20.3 Å². The molecule has 0 bridgehead atoms. The first-order valence-electron chi connectivity index (χ1n) is 8.81. The molecule has 7 nitrogen and oxygen atoms in total. The van der Waals surface area contributed by atoms with E-state index in [1.165, 1.54) is 0 Å². The van der Waals surface area contributed by atoms with Crippen molar-refractivity contribution in [3.63, 3.8) is 0 Å². The van der Waals surface area contributed by atoms with Crippen molar-refractivity contribution in [2.24, 2.45) is 0 Å². The fourth-order valence-electron chi connectivity index (χ4n) is 2.46. The van der Waals surface area contributed by atoms with E-state index in [0.717, 1.165) is 17.7 Å². The van der Waals surface area contributed by atoms with E-state index in [2.05, 4.69) is 22.6 Å². The Bertz CT molecular complexity index is 890. The third-order valence-corrected chi connectivity index (χ3v) is 3.73. The van der Waals surface area contributed by atoms with Crippen LogP contribution in [0.25, 0.3) is 11.3 Å². The fraction of sp³-hybridized carbons (Fsp3) is 0.250. The van der Waals surface area contributed by atoms with Crippen molar-refractivity contribution in [3.8, 4) is 22.8 Å². The summed E-state index contributed by atoms with van der Waals surface area (Å²) in [6.45, 7) is 5.13. The minimum atomic E-state index is -0.323. The van der Waals surface area contributed by atoms with Crippen LogP contribution >= 0.6 is 0 Å². The summed E-state index contributed by atoms with van der Waals surface area (Å²) in [4.78, 5) is 12.5. The molecule has 3 rings (SSSR count). The van der Waals surface area contributed by atoms with Crippen molar-refractivity contribution in [1.82, 2.24) is 10.3 Å². The Morgan fingerprint density at radius 1 is 1.04 bits per heavy atom. The maximum absolute atomic E-state index is 12.5. The second-order valence-electron chi connectivity index (χ2n) is 5.75. The van der Waals surface area contributed by atoms with E-state index in [1.54, 1.807) is 24.3 Å². The monoisotopic (exact) mass is 367 g/mol. The molecular formula is C20H21N3O4. The Morgan fingerprint density at radius 3 is 2.59 bits per heavy atom. The molecule has 0 aliphatic carbocycles. The minimum Gasteiger partial charge on any atom is -0.494 e. The Hall–Kier alpha value is -3.35. The number of nitrogens with zero attached hydrogens (tertiary/aromatic N) is 2. The number of ether oxygens (including phenoxy) is 2. The van der Waals surface area contributed by atoms with Crippen LogP contribution in [0.4, 0.5) is 5.82 Å². The topological polar surface area (TPSA) is 86.5 Å². The summed E-state index contributed by atoms with van der Waals surface area (Å²) < 4.78 is 15.8. The number of benzene rings is 2. The van der Waals surface area contributed by atoms with Crippen molar-refractivity contribution in [3.05, 3.63) is 54.1 Å². The maximum atomic E-state index is 12.5. The van der Waals surface area contributed by atoms with Gasteiger partial charge in [0.25, 0.3) is 5.91 Å². The molecule has 1 N–H and O–H groups in total. The molecule has 140 valence electrons. The third kappa shape index (κ3) is 4.63.